The summed E-state index contributed by atoms with van der Waals surface area (Å²) in [5, 5.41) is 0. The molecule has 188 valence electrons. The fourth-order valence-electron chi connectivity index (χ4n) is 4.25. The van der Waals surface area contributed by atoms with Crippen molar-refractivity contribution in [3.05, 3.63) is 48.0 Å². The molecule has 2 fully saturated rings. The Bertz CT molecular complexity index is 890. The first-order valence-corrected chi connectivity index (χ1v) is 11.8. The summed E-state index contributed by atoms with van der Waals surface area (Å²) in [6, 6.07) is 9.12. The molecule has 34 heavy (non-hydrogen) atoms. The molecule has 2 aliphatic rings. The van der Waals surface area contributed by atoms with Gasteiger partial charge >= 0.3 is 12.2 Å². The number of carbonyl (C=O) groups is 2. The smallest absolute Gasteiger partial charge is 0.412 e. The van der Waals surface area contributed by atoms with Crippen LogP contribution in [0.4, 0.5) is 9.59 Å². The molecule has 1 aromatic rings. The number of rotatable bonds is 5. The highest BCUT2D eigenvalue weighted by Crippen LogP contribution is 2.32. The predicted octanol–water partition coefficient (Wildman–Crippen LogP) is 5.08. The summed E-state index contributed by atoms with van der Waals surface area (Å²) < 4.78 is 22.9. The third-order valence-electron chi connectivity index (χ3n) is 5.85. The molecule has 0 saturated carbocycles. The van der Waals surface area contributed by atoms with E-state index in [1.807, 2.05) is 91.0 Å². The number of hydrogen-bond acceptors (Lipinski definition) is 6. The predicted molar refractivity (Wildman–Crippen MR) is 128 cm³/mol. The third kappa shape index (κ3) is 6.30. The summed E-state index contributed by atoms with van der Waals surface area (Å²) in [6.07, 6.45) is 3.65. The molecule has 1 aromatic carbocycles. The Morgan fingerprint density at radius 3 is 2.26 bits per heavy atom. The fourth-order valence-corrected chi connectivity index (χ4v) is 4.25. The lowest BCUT2D eigenvalue weighted by Crippen LogP contribution is -2.49. The van der Waals surface area contributed by atoms with E-state index in [1.54, 1.807) is 9.80 Å². The summed E-state index contributed by atoms with van der Waals surface area (Å²) >= 11 is 0. The first-order valence-electron chi connectivity index (χ1n) is 11.8. The molecule has 2 saturated heterocycles. The summed E-state index contributed by atoms with van der Waals surface area (Å²) in [5.41, 5.74) is -1.22. The van der Waals surface area contributed by atoms with Crippen LogP contribution < -0.4 is 0 Å². The standard InChI is InChI=1S/C26H38N2O6/c1-24(2,3)34-23(30)28-21(18-33-26(28,6)7)15-11-14-20-17-32-25(4,5)27(20)22(29)31-16-19-12-9-8-10-13-19/h8-14,20-21H,15-18H2,1-7H3/b14-11+/t20-,21+/m1/s1. The highest BCUT2D eigenvalue weighted by atomic mass is 16.6. The quantitative estimate of drug-likeness (QED) is 0.554. The molecule has 8 heteroatoms. The van der Waals surface area contributed by atoms with Gasteiger partial charge in [0.1, 0.15) is 23.7 Å². The molecule has 0 spiro atoms. The second-order valence-electron chi connectivity index (χ2n) is 10.7. The van der Waals surface area contributed by atoms with Crippen molar-refractivity contribution in [3.63, 3.8) is 0 Å². The lowest BCUT2D eigenvalue weighted by Gasteiger charge is -2.35. The van der Waals surface area contributed by atoms with Crippen LogP contribution in [0.15, 0.2) is 42.5 Å². The highest BCUT2D eigenvalue weighted by molar-refractivity contribution is 5.70. The minimum atomic E-state index is -0.788. The van der Waals surface area contributed by atoms with Gasteiger partial charge in [0.25, 0.3) is 0 Å². The molecule has 8 nitrogen and oxygen atoms in total. The van der Waals surface area contributed by atoms with E-state index in [0.29, 0.717) is 19.6 Å². The van der Waals surface area contributed by atoms with E-state index in [4.69, 9.17) is 18.9 Å². The van der Waals surface area contributed by atoms with Gasteiger partial charge in [-0.2, -0.15) is 0 Å². The maximum absolute atomic E-state index is 12.9. The number of amides is 2. The van der Waals surface area contributed by atoms with E-state index in [0.717, 1.165) is 5.56 Å². The number of hydrogen-bond donors (Lipinski definition) is 0. The van der Waals surface area contributed by atoms with Gasteiger partial charge in [0.05, 0.1) is 25.3 Å². The lowest BCUT2D eigenvalue weighted by molar-refractivity contribution is -0.0623. The van der Waals surface area contributed by atoms with E-state index in [1.165, 1.54) is 0 Å². The van der Waals surface area contributed by atoms with E-state index in [2.05, 4.69) is 0 Å². The Morgan fingerprint density at radius 2 is 1.62 bits per heavy atom. The Hall–Kier alpha value is -2.58. The average molecular weight is 475 g/mol. The van der Waals surface area contributed by atoms with E-state index in [-0.39, 0.29) is 18.7 Å². The Kier molecular flexibility index (Phi) is 7.62. The summed E-state index contributed by atoms with van der Waals surface area (Å²) in [6.45, 7) is 13.9. The van der Waals surface area contributed by atoms with Crippen molar-refractivity contribution in [1.29, 1.82) is 0 Å². The van der Waals surface area contributed by atoms with Gasteiger partial charge in [-0.1, -0.05) is 42.5 Å². The number of nitrogens with zero attached hydrogens (tertiary/aromatic N) is 2. The van der Waals surface area contributed by atoms with Crippen LogP contribution in [-0.2, 0) is 25.6 Å². The number of carbonyl (C=O) groups excluding carboxylic acids is 2. The van der Waals surface area contributed by atoms with Gasteiger partial charge < -0.3 is 18.9 Å². The van der Waals surface area contributed by atoms with Crippen molar-refractivity contribution in [1.82, 2.24) is 9.80 Å². The molecule has 0 N–H and O–H groups in total. The van der Waals surface area contributed by atoms with Crippen LogP contribution in [0.3, 0.4) is 0 Å². The normalized spacial score (nSPS) is 24.0. The first kappa shape index (κ1) is 26.0. The van der Waals surface area contributed by atoms with Crippen LogP contribution in [-0.4, -0.2) is 64.3 Å². The molecule has 2 aliphatic heterocycles. The summed E-state index contributed by atoms with van der Waals surface area (Å²) in [5.74, 6) is 0. The van der Waals surface area contributed by atoms with Gasteiger partial charge in [-0.05, 0) is 60.5 Å². The molecule has 3 rings (SSSR count). The molecule has 0 aliphatic carbocycles. The van der Waals surface area contributed by atoms with Crippen molar-refractivity contribution in [2.75, 3.05) is 13.2 Å². The zero-order valence-electron chi connectivity index (χ0n) is 21.4. The molecule has 0 radical (unpaired) electrons. The average Bonchev–Trinajstić information content (AvgIpc) is 3.20. The minimum absolute atomic E-state index is 0.171. The Balaban J connectivity index is 1.64. The zero-order valence-corrected chi connectivity index (χ0v) is 21.4. The zero-order chi connectivity index (χ0) is 25.1. The molecule has 0 aromatic heterocycles. The number of benzene rings is 1. The summed E-state index contributed by atoms with van der Waals surface area (Å²) in [4.78, 5) is 29.0. The van der Waals surface area contributed by atoms with Gasteiger partial charge in [-0.3, -0.25) is 9.80 Å². The van der Waals surface area contributed by atoms with Gasteiger partial charge in [-0.25, -0.2) is 9.59 Å². The van der Waals surface area contributed by atoms with E-state index in [9.17, 15) is 9.59 Å². The maximum atomic E-state index is 12.9. The van der Waals surface area contributed by atoms with Crippen molar-refractivity contribution < 1.29 is 28.5 Å². The molecular formula is C26H38N2O6. The second kappa shape index (κ2) is 9.96. The molecule has 2 heterocycles. The maximum Gasteiger partial charge on any atom is 0.412 e. The third-order valence-corrected chi connectivity index (χ3v) is 5.85. The number of ether oxygens (including phenoxy) is 4. The van der Waals surface area contributed by atoms with Gasteiger partial charge in [0.15, 0.2) is 0 Å². The van der Waals surface area contributed by atoms with Gasteiger partial charge in [-0.15, -0.1) is 0 Å². The molecule has 2 atom stereocenters. The topological polar surface area (TPSA) is 77.5 Å². The monoisotopic (exact) mass is 474 g/mol. The minimum Gasteiger partial charge on any atom is -0.444 e. The Labute approximate surface area is 202 Å². The van der Waals surface area contributed by atoms with Crippen LogP contribution in [0.5, 0.6) is 0 Å². The summed E-state index contributed by atoms with van der Waals surface area (Å²) in [7, 11) is 0. The van der Waals surface area contributed by atoms with Crippen molar-refractivity contribution in [3.8, 4) is 0 Å². The van der Waals surface area contributed by atoms with E-state index >= 15 is 0 Å². The van der Waals surface area contributed by atoms with Crippen LogP contribution >= 0.6 is 0 Å². The second-order valence-corrected chi connectivity index (χ2v) is 10.7. The van der Waals surface area contributed by atoms with Crippen LogP contribution in [0.2, 0.25) is 0 Å². The van der Waals surface area contributed by atoms with E-state index < -0.39 is 29.2 Å². The molecule has 0 bridgehead atoms. The van der Waals surface area contributed by atoms with Crippen LogP contribution in [0.25, 0.3) is 0 Å². The highest BCUT2D eigenvalue weighted by Gasteiger charge is 2.46. The Morgan fingerprint density at radius 1 is 1.00 bits per heavy atom. The van der Waals surface area contributed by atoms with Crippen LogP contribution in [0, 0.1) is 0 Å². The van der Waals surface area contributed by atoms with Crippen molar-refractivity contribution in [2.45, 2.75) is 90.6 Å². The van der Waals surface area contributed by atoms with Crippen molar-refractivity contribution in [2.24, 2.45) is 0 Å². The largest absolute Gasteiger partial charge is 0.444 e. The van der Waals surface area contributed by atoms with Gasteiger partial charge in [0.2, 0.25) is 0 Å². The first-order chi connectivity index (χ1) is 15.8. The molecule has 2 amide bonds. The molecule has 0 unspecified atom stereocenters. The van der Waals surface area contributed by atoms with Crippen molar-refractivity contribution >= 4 is 12.2 Å². The van der Waals surface area contributed by atoms with Gasteiger partial charge in [0, 0.05) is 0 Å². The molecular weight excluding hydrogens is 436 g/mol. The fraction of sp³-hybridized carbons (Fsp3) is 0.615. The SMILES string of the molecule is CC(C)(C)OC(=O)N1[C@@H](C/C=C/[C@@H]2COC(C)(C)N2C(=O)OCc2ccccc2)COC1(C)C. The van der Waals surface area contributed by atoms with Crippen LogP contribution in [0.1, 0.15) is 60.5 Å². The lowest BCUT2D eigenvalue weighted by atomic mass is 10.1.